The fraction of sp³-hybridized carbons (Fsp3) is 0.519. The van der Waals surface area contributed by atoms with E-state index >= 15 is 0 Å². The van der Waals surface area contributed by atoms with Crippen molar-refractivity contribution in [2.24, 2.45) is 0 Å². The fourth-order valence-electron chi connectivity index (χ4n) is 4.61. The molecule has 0 amide bonds. The van der Waals surface area contributed by atoms with Gasteiger partial charge in [-0.2, -0.15) is 0 Å². The van der Waals surface area contributed by atoms with Gasteiger partial charge in [-0.05, 0) is 43.9 Å². The van der Waals surface area contributed by atoms with Crippen molar-refractivity contribution >= 4 is 5.97 Å². The molecule has 1 aliphatic heterocycles. The standard InChI is InChI=1S/C27H34O9.Na/c1-16-23(28)24(29)25(30)27(33-16)36-21-13-6-5-12-20(21)34-18-10-7-11-19(15-18)35-22(26(31)32)14-17-8-3-2-4-9-17;/h2-4,7-11,15-16,20-25,27-30H,5-6,12-14H2,1H3,(H,31,32);/q;+1/p-1/t16-,20+,21+,22-,23+,24+,25-,27-;/m0./s1. The van der Waals surface area contributed by atoms with Crippen molar-refractivity contribution in [2.45, 2.75) is 88.0 Å². The summed E-state index contributed by atoms with van der Waals surface area (Å²) in [6.45, 7) is 1.61. The Kier molecular flexibility index (Phi) is 11.2. The van der Waals surface area contributed by atoms with Crippen LogP contribution in [-0.2, 0) is 20.7 Å². The molecule has 1 saturated carbocycles. The minimum Gasteiger partial charge on any atom is -0.546 e. The Morgan fingerprint density at radius 3 is 2.35 bits per heavy atom. The molecule has 0 aromatic heterocycles. The van der Waals surface area contributed by atoms with E-state index in [1.807, 2.05) is 30.3 Å². The van der Waals surface area contributed by atoms with Crippen molar-refractivity contribution < 1.29 is 73.7 Å². The van der Waals surface area contributed by atoms with Crippen molar-refractivity contribution in [3.63, 3.8) is 0 Å². The smallest absolute Gasteiger partial charge is 0.546 e. The zero-order chi connectivity index (χ0) is 25.7. The van der Waals surface area contributed by atoms with Crippen molar-refractivity contribution in [1.82, 2.24) is 0 Å². The number of aliphatic hydroxyl groups is 3. The fourth-order valence-corrected chi connectivity index (χ4v) is 4.61. The number of rotatable bonds is 9. The van der Waals surface area contributed by atoms with Gasteiger partial charge in [-0.1, -0.05) is 42.8 Å². The van der Waals surface area contributed by atoms with E-state index in [4.69, 9.17) is 18.9 Å². The largest absolute Gasteiger partial charge is 1.00 e. The van der Waals surface area contributed by atoms with Crippen LogP contribution in [0.5, 0.6) is 11.5 Å². The van der Waals surface area contributed by atoms with E-state index in [9.17, 15) is 25.2 Å². The second-order valence-electron chi connectivity index (χ2n) is 9.39. The molecule has 1 aliphatic carbocycles. The molecule has 2 aliphatic rings. The van der Waals surface area contributed by atoms with Gasteiger partial charge < -0.3 is 44.2 Å². The third-order valence-corrected chi connectivity index (χ3v) is 6.66. The Morgan fingerprint density at radius 2 is 1.65 bits per heavy atom. The summed E-state index contributed by atoms with van der Waals surface area (Å²) in [5.41, 5.74) is 0.820. The first kappa shape index (κ1) is 29.9. The zero-order valence-electron chi connectivity index (χ0n) is 21.1. The van der Waals surface area contributed by atoms with Crippen LogP contribution in [0.15, 0.2) is 54.6 Å². The van der Waals surface area contributed by atoms with Gasteiger partial charge in [-0.25, -0.2) is 0 Å². The second-order valence-corrected chi connectivity index (χ2v) is 9.39. The van der Waals surface area contributed by atoms with Crippen LogP contribution in [0.3, 0.4) is 0 Å². The molecule has 2 fully saturated rings. The van der Waals surface area contributed by atoms with Gasteiger partial charge in [0.25, 0.3) is 0 Å². The van der Waals surface area contributed by atoms with Crippen molar-refractivity contribution in [2.75, 3.05) is 0 Å². The first-order valence-corrected chi connectivity index (χ1v) is 12.3. The van der Waals surface area contributed by atoms with Gasteiger partial charge in [0, 0.05) is 12.5 Å². The molecule has 0 spiro atoms. The summed E-state index contributed by atoms with van der Waals surface area (Å²) >= 11 is 0. The topological polar surface area (TPSA) is 138 Å². The van der Waals surface area contributed by atoms with Crippen molar-refractivity contribution in [3.05, 3.63) is 60.2 Å². The van der Waals surface area contributed by atoms with E-state index in [1.165, 1.54) is 0 Å². The van der Waals surface area contributed by atoms with Crippen LogP contribution in [0.1, 0.15) is 38.2 Å². The number of aliphatic hydroxyl groups excluding tert-OH is 3. The predicted molar refractivity (Wildman–Crippen MR) is 126 cm³/mol. The minimum absolute atomic E-state index is 0. The maximum Gasteiger partial charge on any atom is 1.00 e. The van der Waals surface area contributed by atoms with Gasteiger partial charge in [0.1, 0.15) is 42.0 Å². The molecule has 0 bridgehead atoms. The van der Waals surface area contributed by atoms with Crippen LogP contribution in [0, 0.1) is 0 Å². The Balaban J connectivity index is 0.00000380. The Bertz CT molecular complexity index is 991. The summed E-state index contributed by atoms with van der Waals surface area (Å²) < 4.78 is 23.6. The molecule has 0 unspecified atom stereocenters. The number of carboxylic acids is 1. The Labute approximate surface area is 238 Å². The molecule has 10 heteroatoms. The van der Waals surface area contributed by atoms with Crippen LogP contribution in [0.2, 0.25) is 0 Å². The van der Waals surface area contributed by atoms with E-state index in [2.05, 4.69) is 0 Å². The van der Waals surface area contributed by atoms with Crippen LogP contribution in [0.25, 0.3) is 0 Å². The summed E-state index contributed by atoms with van der Waals surface area (Å²) in [7, 11) is 0. The van der Waals surface area contributed by atoms with Gasteiger partial charge in [0.2, 0.25) is 0 Å². The number of benzene rings is 2. The number of carbonyl (C=O) groups is 1. The molecule has 3 N–H and O–H groups in total. The third-order valence-electron chi connectivity index (χ3n) is 6.66. The molecule has 37 heavy (non-hydrogen) atoms. The van der Waals surface area contributed by atoms with E-state index < -0.39 is 48.9 Å². The summed E-state index contributed by atoms with van der Waals surface area (Å²) in [5, 5.41) is 42.0. The molecular formula is C27H33NaO9. The molecule has 8 atom stereocenters. The SMILES string of the molecule is C[C@@H]1O[C@@H](O[C@@H]2CCCC[C@H]2Oc2cccc(O[C@@H](Cc3ccccc3)C(=O)[O-])c2)[C@@H](O)[C@H](O)[C@@H]1O.[Na+]. The summed E-state index contributed by atoms with van der Waals surface area (Å²) in [5.74, 6) is -0.486. The number of aliphatic carboxylic acids is 1. The molecule has 9 nitrogen and oxygen atoms in total. The molecule has 1 saturated heterocycles. The van der Waals surface area contributed by atoms with Gasteiger partial charge in [0.05, 0.1) is 18.2 Å². The van der Waals surface area contributed by atoms with Gasteiger partial charge >= 0.3 is 29.6 Å². The van der Waals surface area contributed by atoms with Gasteiger partial charge in [0.15, 0.2) is 6.29 Å². The van der Waals surface area contributed by atoms with Gasteiger partial charge in [-0.3, -0.25) is 0 Å². The monoisotopic (exact) mass is 524 g/mol. The third kappa shape index (κ3) is 7.91. The zero-order valence-corrected chi connectivity index (χ0v) is 23.1. The average molecular weight is 525 g/mol. The second kappa shape index (κ2) is 13.9. The number of hydrogen-bond donors (Lipinski definition) is 3. The maximum absolute atomic E-state index is 11.7. The first-order chi connectivity index (χ1) is 17.3. The minimum atomic E-state index is -1.39. The van der Waals surface area contributed by atoms with E-state index in [1.54, 1.807) is 31.2 Å². The number of carboxylic acid groups (broad SMARTS) is 1. The van der Waals surface area contributed by atoms with E-state index in [-0.39, 0.29) is 42.1 Å². The molecule has 2 aromatic carbocycles. The van der Waals surface area contributed by atoms with Crippen LogP contribution in [0.4, 0.5) is 0 Å². The molecule has 1 heterocycles. The van der Waals surface area contributed by atoms with E-state index in [0.29, 0.717) is 24.3 Å². The molecule has 2 aromatic rings. The molecule has 4 rings (SSSR count). The Morgan fingerprint density at radius 1 is 0.973 bits per heavy atom. The average Bonchev–Trinajstić information content (AvgIpc) is 2.87. The quantitative estimate of drug-likeness (QED) is 0.317. The van der Waals surface area contributed by atoms with Crippen LogP contribution in [-0.4, -0.2) is 70.3 Å². The van der Waals surface area contributed by atoms with Gasteiger partial charge in [-0.15, -0.1) is 0 Å². The van der Waals surface area contributed by atoms with Crippen molar-refractivity contribution in [3.8, 4) is 11.5 Å². The number of carbonyl (C=O) groups excluding carboxylic acids is 1. The number of hydrogen-bond acceptors (Lipinski definition) is 9. The van der Waals surface area contributed by atoms with Crippen LogP contribution < -0.4 is 44.1 Å². The molecule has 196 valence electrons. The number of ether oxygens (including phenoxy) is 4. The first-order valence-electron chi connectivity index (χ1n) is 12.3. The van der Waals surface area contributed by atoms with E-state index in [0.717, 1.165) is 18.4 Å². The normalized spacial score (nSPS) is 30.5. The summed E-state index contributed by atoms with van der Waals surface area (Å²) in [6.07, 6.45) is -4.31. The molecule has 0 radical (unpaired) electrons. The molecular weight excluding hydrogens is 491 g/mol. The Hall–Kier alpha value is -1.69. The van der Waals surface area contributed by atoms with Crippen LogP contribution >= 0.6 is 0 Å². The van der Waals surface area contributed by atoms with Crippen molar-refractivity contribution in [1.29, 1.82) is 0 Å². The predicted octanol–water partition coefficient (Wildman–Crippen LogP) is -2.04. The maximum atomic E-state index is 11.7. The summed E-state index contributed by atoms with van der Waals surface area (Å²) in [4.78, 5) is 11.7. The summed E-state index contributed by atoms with van der Waals surface area (Å²) in [6, 6.07) is 15.9.